The Morgan fingerprint density at radius 1 is 1.11 bits per heavy atom. The third-order valence-corrected chi connectivity index (χ3v) is 4.70. The lowest BCUT2D eigenvalue weighted by Gasteiger charge is -2.17. The largest absolute Gasteiger partial charge is 0.495 e. The third-order valence-electron chi connectivity index (χ3n) is 4.11. The zero-order valence-electron chi connectivity index (χ0n) is 15.5. The number of carbonyl (C=O) groups excluding carboxylic acids is 1. The van der Waals surface area contributed by atoms with Gasteiger partial charge in [0.05, 0.1) is 24.4 Å². The van der Waals surface area contributed by atoms with Gasteiger partial charge in [0.25, 0.3) is 0 Å². The number of benzene rings is 2. The van der Waals surface area contributed by atoms with Crippen molar-refractivity contribution in [3.63, 3.8) is 0 Å². The SMILES string of the molecule is COc1ccc(C(=O)/C(Br)=C\c2cc(OC)c3c(c2)OCO3)cc1N(C)C. The molecule has 1 heterocycles. The molecule has 1 aliphatic rings. The van der Waals surface area contributed by atoms with E-state index in [0.29, 0.717) is 33.0 Å². The lowest BCUT2D eigenvalue weighted by Crippen LogP contribution is -2.11. The van der Waals surface area contributed by atoms with Gasteiger partial charge < -0.3 is 23.8 Å². The number of methoxy groups -OCH3 is 2. The highest BCUT2D eigenvalue weighted by molar-refractivity contribution is 9.12. The lowest BCUT2D eigenvalue weighted by atomic mass is 10.1. The molecular weight excluding hydrogens is 414 g/mol. The van der Waals surface area contributed by atoms with Gasteiger partial charge in [0.1, 0.15) is 5.75 Å². The molecule has 142 valence electrons. The number of carbonyl (C=O) groups is 1. The first-order valence-electron chi connectivity index (χ1n) is 8.19. The number of hydrogen-bond donors (Lipinski definition) is 0. The van der Waals surface area contributed by atoms with Crippen LogP contribution in [0.5, 0.6) is 23.0 Å². The second-order valence-corrected chi connectivity index (χ2v) is 6.91. The highest BCUT2D eigenvalue weighted by Crippen LogP contribution is 2.42. The monoisotopic (exact) mass is 433 g/mol. The first-order valence-corrected chi connectivity index (χ1v) is 8.98. The number of fused-ring (bicyclic) bond motifs is 1. The minimum atomic E-state index is -0.141. The van der Waals surface area contributed by atoms with Crippen LogP contribution in [0.1, 0.15) is 15.9 Å². The molecule has 2 aromatic rings. The van der Waals surface area contributed by atoms with E-state index >= 15 is 0 Å². The Morgan fingerprint density at radius 3 is 2.52 bits per heavy atom. The Labute approximate surface area is 166 Å². The minimum absolute atomic E-state index is 0.141. The van der Waals surface area contributed by atoms with Crippen LogP contribution in [-0.2, 0) is 0 Å². The van der Waals surface area contributed by atoms with Gasteiger partial charge in [-0.1, -0.05) is 0 Å². The number of rotatable bonds is 6. The van der Waals surface area contributed by atoms with E-state index in [9.17, 15) is 4.79 Å². The molecule has 0 spiro atoms. The van der Waals surface area contributed by atoms with E-state index in [2.05, 4.69) is 15.9 Å². The van der Waals surface area contributed by atoms with Crippen molar-refractivity contribution < 1.29 is 23.7 Å². The summed E-state index contributed by atoms with van der Waals surface area (Å²) < 4.78 is 21.9. The number of ketones is 1. The molecule has 7 heteroatoms. The second-order valence-electron chi connectivity index (χ2n) is 6.06. The summed E-state index contributed by atoms with van der Waals surface area (Å²) in [6.45, 7) is 0.151. The summed E-state index contributed by atoms with van der Waals surface area (Å²) in [7, 11) is 6.96. The van der Waals surface area contributed by atoms with E-state index in [-0.39, 0.29) is 12.6 Å². The molecule has 0 fully saturated rings. The van der Waals surface area contributed by atoms with Gasteiger partial charge in [-0.25, -0.2) is 0 Å². The van der Waals surface area contributed by atoms with Crippen LogP contribution in [0.15, 0.2) is 34.8 Å². The van der Waals surface area contributed by atoms with Gasteiger partial charge in [0.2, 0.25) is 12.5 Å². The Morgan fingerprint density at radius 2 is 1.85 bits per heavy atom. The molecule has 0 bridgehead atoms. The number of halogens is 1. The highest BCUT2D eigenvalue weighted by Gasteiger charge is 2.20. The van der Waals surface area contributed by atoms with Crippen LogP contribution in [0, 0.1) is 0 Å². The summed E-state index contributed by atoms with van der Waals surface area (Å²) in [5.74, 6) is 2.29. The van der Waals surface area contributed by atoms with Crippen molar-refractivity contribution in [1.29, 1.82) is 0 Å². The molecule has 0 radical (unpaired) electrons. The maximum atomic E-state index is 12.8. The summed E-state index contributed by atoms with van der Waals surface area (Å²) in [6, 6.07) is 8.92. The van der Waals surface area contributed by atoms with Crippen molar-refractivity contribution in [2.24, 2.45) is 0 Å². The number of allylic oxidation sites excluding steroid dienone is 1. The van der Waals surface area contributed by atoms with Gasteiger partial charge in [0, 0.05) is 19.7 Å². The molecule has 0 aliphatic carbocycles. The van der Waals surface area contributed by atoms with Gasteiger partial charge in [-0.05, 0) is 57.9 Å². The average Bonchev–Trinajstić information content (AvgIpc) is 3.14. The Balaban J connectivity index is 1.93. The molecule has 0 saturated heterocycles. The van der Waals surface area contributed by atoms with Crippen LogP contribution < -0.4 is 23.8 Å². The number of Topliss-reactive ketones (excluding diaryl/α,β-unsaturated/α-hetero) is 1. The Hall–Kier alpha value is -2.67. The lowest BCUT2D eigenvalue weighted by molar-refractivity contribution is 0.104. The average molecular weight is 434 g/mol. The maximum Gasteiger partial charge on any atom is 0.231 e. The van der Waals surface area contributed by atoms with Crippen molar-refractivity contribution >= 4 is 33.5 Å². The summed E-state index contributed by atoms with van der Waals surface area (Å²) in [6.07, 6.45) is 1.73. The summed E-state index contributed by atoms with van der Waals surface area (Å²) in [5.41, 5.74) is 2.14. The number of hydrogen-bond acceptors (Lipinski definition) is 6. The van der Waals surface area contributed by atoms with E-state index in [1.165, 1.54) is 0 Å². The van der Waals surface area contributed by atoms with Crippen molar-refractivity contribution in [3.8, 4) is 23.0 Å². The molecule has 3 rings (SSSR count). The molecule has 2 aromatic carbocycles. The molecule has 0 amide bonds. The normalized spacial score (nSPS) is 12.7. The van der Waals surface area contributed by atoms with Crippen LogP contribution in [0.3, 0.4) is 0 Å². The van der Waals surface area contributed by atoms with Crippen molar-refractivity contribution in [2.45, 2.75) is 0 Å². The van der Waals surface area contributed by atoms with E-state index in [0.717, 1.165) is 11.3 Å². The number of nitrogens with zero attached hydrogens (tertiary/aromatic N) is 1. The summed E-state index contributed by atoms with van der Waals surface area (Å²) in [4.78, 5) is 14.7. The fourth-order valence-corrected chi connectivity index (χ4v) is 3.26. The third kappa shape index (κ3) is 3.88. The van der Waals surface area contributed by atoms with Crippen molar-refractivity contribution in [1.82, 2.24) is 0 Å². The molecule has 27 heavy (non-hydrogen) atoms. The van der Waals surface area contributed by atoms with Crippen LogP contribution in [-0.4, -0.2) is 40.9 Å². The van der Waals surface area contributed by atoms with E-state index in [1.807, 2.05) is 19.0 Å². The van der Waals surface area contributed by atoms with Gasteiger partial charge in [-0.2, -0.15) is 0 Å². The first-order chi connectivity index (χ1) is 12.9. The zero-order valence-corrected chi connectivity index (χ0v) is 17.1. The van der Waals surface area contributed by atoms with Crippen LogP contribution in [0.4, 0.5) is 5.69 Å². The Bertz CT molecular complexity index is 907. The molecule has 1 aliphatic heterocycles. The highest BCUT2D eigenvalue weighted by atomic mass is 79.9. The molecular formula is C20H20BrNO5. The first kappa shape index (κ1) is 19.1. The van der Waals surface area contributed by atoms with Gasteiger partial charge >= 0.3 is 0 Å². The van der Waals surface area contributed by atoms with E-state index in [1.54, 1.807) is 50.6 Å². The fraction of sp³-hybridized carbons (Fsp3) is 0.250. The summed E-state index contributed by atoms with van der Waals surface area (Å²) >= 11 is 3.39. The predicted octanol–water partition coefficient (Wildman–Crippen LogP) is 4.12. The molecule has 0 unspecified atom stereocenters. The Kier molecular flexibility index (Phi) is 5.60. The smallest absolute Gasteiger partial charge is 0.231 e. The van der Waals surface area contributed by atoms with Crippen LogP contribution in [0.2, 0.25) is 0 Å². The van der Waals surface area contributed by atoms with Gasteiger partial charge in [-0.15, -0.1) is 0 Å². The van der Waals surface area contributed by atoms with Gasteiger partial charge in [-0.3, -0.25) is 4.79 Å². The summed E-state index contributed by atoms with van der Waals surface area (Å²) in [5, 5.41) is 0. The molecule has 6 nitrogen and oxygen atoms in total. The van der Waals surface area contributed by atoms with Crippen LogP contribution in [0.25, 0.3) is 6.08 Å². The zero-order chi connectivity index (χ0) is 19.6. The van der Waals surface area contributed by atoms with E-state index in [4.69, 9.17) is 18.9 Å². The predicted molar refractivity (Wildman–Crippen MR) is 108 cm³/mol. The van der Waals surface area contributed by atoms with Crippen molar-refractivity contribution in [2.75, 3.05) is 40.0 Å². The van der Waals surface area contributed by atoms with E-state index < -0.39 is 0 Å². The van der Waals surface area contributed by atoms with Gasteiger partial charge in [0.15, 0.2) is 17.3 Å². The standard InChI is InChI=1S/C20H20BrNO5/c1-22(2)15-10-13(5-6-16(15)24-3)19(23)14(21)7-12-8-17(25-4)20-18(9-12)26-11-27-20/h5-10H,11H2,1-4H3/b14-7+. The molecule has 0 aromatic heterocycles. The molecule has 0 saturated carbocycles. The molecule has 0 N–H and O–H groups in total. The minimum Gasteiger partial charge on any atom is -0.495 e. The van der Waals surface area contributed by atoms with Crippen molar-refractivity contribution in [3.05, 3.63) is 45.9 Å². The second kappa shape index (κ2) is 7.92. The van der Waals surface area contributed by atoms with Crippen LogP contribution >= 0.6 is 15.9 Å². The number of anilines is 1. The quantitative estimate of drug-likeness (QED) is 0.504. The maximum absolute atomic E-state index is 12.8. The fourth-order valence-electron chi connectivity index (χ4n) is 2.76. The topological polar surface area (TPSA) is 57.2 Å². The molecule has 0 atom stereocenters. The number of ether oxygens (including phenoxy) is 4.